The van der Waals surface area contributed by atoms with E-state index in [1.54, 1.807) is 0 Å². The van der Waals surface area contributed by atoms with E-state index < -0.39 is 0 Å². The number of anilines is 4. The first-order valence-corrected chi connectivity index (χ1v) is 11.5. The standard InChI is InChI=1S/C11H15N7S.C9H14N4/c1-7-2-3-9(15-14-7)18-5-4-8(6-18)13-11-17-16-10(12)19-11;1-7-2-3-9(12-11-7)13-5-4-8(10)6-13/h2-3,8H,4-6H2,1H3,(H2,12,16)(H,13,17);2-3,8H,4-6,10H2,1H3/t2*8-/m11/s1. The molecule has 0 spiro atoms. The molecule has 0 radical (unpaired) electrons. The van der Waals surface area contributed by atoms with Crippen molar-refractivity contribution in [3.05, 3.63) is 35.7 Å². The molecule has 0 bridgehead atoms. The summed E-state index contributed by atoms with van der Waals surface area (Å²) in [6.45, 7) is 7.62. The molecule has 3 aromatic heterocycles. The van der Waals surface area contributed by atoms with Gasteiger partial charge in [-0.3, -0.25) is 0 Å². The van der Waals surface area contributed by atoms with Crippen LogP contribution in [0.1, 0.15) is 24.2 Å². The van der Waals surface area contributed by atoms with Crippen molar-refractivity contribution in [2.45, 2.75) is 38.8 Å². The second-order valence-corrected chi connectivity index (χ2v) is 9.09. The van der Waals surface area contributed by atoms with Crippen LogP contribution in [-0.2, 0) is 0 Å². The molecule has 2 fully saturated rings. The molecule has 0 aromatic carbocycles. The van der Waals surface area contributed by atoms with E-state index in [0.717, 1.165) is 67.2 Å². The summed E-state index contributed by atoms with van der Waals surface area (Å²) in [4.78, 5) is 4.39. The molecule has 32 heavy (non-hydrogen) atoms. The van der Waals surface area contributed by atoms with Gasteiger partial charge >= 0.3 is 0 Å². The molecule has 2 aliphatic heterocycles. The van der Waals surface area contributed by atoms with Crippen LogP contribution in [0, 0.1) is 13.8 Å². The first kappa shape index (κ1) is 22.1. The molecule has 5 N–H and O–H groups in total. The minimum Gasteiger partial charge on any atom is -0.374 e. The topological polar surface area (TPSA) is 148 Å². The SMILES string of the molecule is Cc1ccc(N2CC[C@@H](N)C2)nn1.Cc1ccc(N2CC[C@@H](Nc3nnc(N)s3)C2)nn1. The Balaban J connectivity index is 0.000000165. The second-order valence-electron chi connectivity index (χ2n) is 8.08. The predicted octanol–water partition coefficient (Wildman–Crippen LogP) is 1.23. The van der Waals surface area contributed by atoms with Crippen LogP contribution in [0.25, 0.3) is 0 Å². The van der Waals surface area contributed by atoms with E-state index >= 15 is 0 Å². The lowest BCUT2D eigenvalue weighted by molar-refractivity contribution is 0.750. The average Bonchev–Trinajstić information content (AvgIpc) is 3.52. The highest BCUT2D eigenvalue weighted by Gasteiger charge is 2.24. The highest BCUT2D eigenvalue weighted by molar-refractivity contribution is 7.18. The van der Waals surface area contributed by atoms with Gasteiger partial charge in [0.05, 0.1) is 11.4 Å². The van der Waals surface area contributed by atoms with Crippen LogP contribution < -0.4 is 26.6 Å². The molecular weight excluding hydrogens is 426 g/mol. The first-order chi connectivity index (χ1) is 15.5. The first-order valence-electron chi connectivity index (χ1n) is 10.7. The number of nitrogens with two attached hydrogens (primary N) is 2. The van der Waals surface area contributed by atoms with Crippen LogP contribution in [0.4, 0.5) is 21.9 Å². The molecule has 12 heteroatoms. The smallest absolute Gasteiger partial charge is 0.207 e. The normalized spacial score (nSPS) is 20.2. The number of hydrogen-bond acceptors (Lipinski definition) is 12. The fourth-order valence-electron chi connectivity index (χ4n) is 3.67. The fourth-order valence-corrected chi connectivity index (χ4v) is 4.26. The molecule has 0 unspecified atom stereocenters. The zero-order valence-electron chi connectivity index (χ0n) is 18.3. The van der Waals surface area contributed by atoms with E-state index in [0.29, 0.717) is 17.2 Å². The van der Waals surface area contributed by atoms with Gasteiger partial charge in [0, 0.05) is 38.3 Å². The minimum absolute atomic E-state index is 0.295. The maximum Gasteiger partial charge on any atom is 0.207 e. The number of hydrogen-bond donors (Lipinski definition) is 3. The summed E-state index contributed by atoms with van der Waals surface area (Å²) in [6.07, 6.45) is 2.09. The van der Waals surface area contributed by atoms with Gasteiger partial charge in [-0.25, -0.2) is 0 Å². The number of rotatable bonds is 4. The lowest BCUT2D eigenvalue weighted by atomic mass is 10.3. The number of nitrogens with one attached hydrogen (secondary N) is 1. The van der Waals surface area contributed by atoms with Crippen molar-refractivity contribution >= 4 is 33.2 Å². The molecule has 0 aliphatic carbocycles. The van der Waals surface area contributed by atoms with Gasteiger partial charge in [0.15, 0.2) is 11.6 Å². The number of nitrogen functional groups attached to an aromatic ring is 1. The van der Waals surface area contributed by atoms with Crippen LogP contribution in [-0.4, -0.2) is 68.9 Å². The lowest BCUT2D eigenvalue weighted by Gasteiger charge is -2.16. The maximum absolute atomic E-state index is 5.80. The van der Waals surface area contributed by atoms with Crippen molar-refractivity contribution in [2.24, 2.45) is 5.73 Å². The van der Waals surface area contributed by atoms with Gasteiger partial charge in [0.1, 0.15) is 0 Å². The minimum atomic E-state index is 0.295. The third-order valence-corrected chi connectivity index (χ3v) is 6.08. The summed E-state index contributed by atoms with van der Waals surface area (Å²) >= 11 is 1.37. The Bertz CT molecular complexity index is 992. The molecule has 0 amide bonds. The summed E-state index contributed by atoms with van der Waals surface area (Å²) < 4.78 is 0. The summed E-state index contributed by atoms with van der Waals surface area (Å²) in [6, 6.07) is 8.60. The van der Waals surface area contributed by atoms with E-state index in [1.165, 1.54) is 11.3 Å². The van der Waals surface area contributed by atoms with Gasteiger partial charge < -0.3 is 26.6 Å². The summed E-state index contributed by atoms with van der Waals surface area (Å²) in [5.41, 5.74) is 13.2. The van der Waals surface area contributed by atoms with Crippen LogP contribution in [0.15, 0.2) is 24.3 Å². The molecule has 0 saturated carbocycles. The third kappa shape index (κ3) is 5.77. The van der Waals surface area contributed by atoms with Crippen LogP contribution in [0.3, 0.4) is 0 Å². The van der Waals surface area contributed by atoms with Gasteiger partial charge in [-0.1, -0.05) is 11.3 Å². The highest BCUT2D eigenvalue weighted by Crippen LogP contribution is 2.23. The third-order valence-electron chi connectivity index (χ3n) is 5.40. The Labute approximate surface area is 191 Å². The molecule has 170 valence electrons. The van der Waals surface area contributed by atoms with Crippen LogP contribution in [0.5, 0.6) is 0 Å². The van der Waals surface area contributed by atoms with E-state index in [4.69, 9.17) is 11.5 Å². The van der Waals surface area contributed by atoms with Crippen LogP contribution >= 0.6 is 11.3 Å². The summed E-state index contributed by atoms with van der Waals surface area (Å²) in [5, 5.41) is 28.8. The van der Waals surface area contributed by atoms with Gasteiger partial charge in [0.2, 0.25) is 10.3 Å². The lowest BCUT2D eigenvalue weighted by Crippen LogP contribution is -2.27. The van der Waals surface area contributed by atoms with Gasteiger partial charge in [-0.15, -0.1) is 20.4 Å². The Kier molecular flexibility index (Phi) is 6.90. The Morgan fingerprint density at radius 3 is 1.97 bits per heavy atom. The van der Waals surface area contributed by atoms with Gasteiger partial charge in [0.25, 0.3) is 0 Å². The van der Waals surface area contributed by atoms with Crippen molar-refractivity contribution in [2.75, 3.05) is 47.0 Å². The van der Waals surface area contributed by atoms with Crippen molar-refractivity contribution in [3.8, 4) is 0 Å². The average molecular weight is 456 g/mol. The van der Waals surface area contributed by atoms with E-state index in [1.807, 2.05) is 38.1 Å². The van der Waals surface area contributed by atoms with Crippen LogP contribution in [0.2, 0.25) is 0 Å². The van der Waals surface area contributed by atoms with Crippen molar-refractivity contribution in [1.82, 2.24) is 30.6 Å². The van der Waals surface area contributed by atoms with E-state index in [9.17, 15) is 0 Å². The molecule has 3 aromatic rings. The number of nitrogens with zero attached hydrogens (tertiary/aromatic N) is 8. The molecule has 2 saturated heterocycles. The Hall–Kier alpha value is -3.12. The van der Waals surface area contributed by atoms with Crippen molar-refractivity contribution in [3.63, 3.8) is 0 Å². The Morgan fingerprint density at radius 2 is 1.47 bits per heavy atom. The van der Waals surface area contributed by atoms with E-state index in [2.05, 4.69) is 45.7 Å². The Morgan fingerprint density at radius 1 is 0.844 bits per heavy atom. The molecule has 5 rings (SSSR count). The predicted molar refractivity (Wildman–Crippen MR) is 127 cm³/mol. The van der Waals surface area contributed by atoms with Crippen molar-refractivity contribution in [1.29, 1.82) is 0 Å². The highest BCUT2D eigenvalue weighted by atomic mass is 32.1. The summed E-state index contributed by atoms with van der Waals surface area (Å²) in [7, 11) is 0. The molecule has 2 atom stereocenters. The monoisotopic (exact) mass is 455 g/mol. The molecular formula is C20H29N11S. The molecule has 5 heterocycles. The zero-order valence-corrected chi connectivity index (χ0v) is 19.2. The summed E-state index contributed by atoms with van der Waals surface area (Å²) in [5.74, 6) is 1.87. The maximum atomic E-state index is 5.80. The van der Waals surface area contributed by atoms with Crippen molar-refractivity contribution < 1.29 is 0 Å². The quantitative estimate of drug-likeness (QED) is 0.521. The molecule has 2 aliphatic rings. The van der Waals surface area contributed by atoms with Gasteiger partial charge in [-0.05, 0) is 51.0 Å². The number of aromatic nitrogens is 6. The van der Waals surface area contributed by atoms with Gasteiger partial charge in [-0.2, -0.15) is 10.2 Å². The van der Waals surface area contributed by atoms with E-state index in [-0.39, 0.29) is 0 Å². The molecule has 11 nitrogen and oxygen atoms in total. The zero-order chi connectivity index (χ0) is 22.5. The largest absolute Gasteiger partial charge is 0.374 e. The second kappa shape index (κ2) is 10.0. The number of aryl methyl sites for hydroxylation is 2. The fraction of sp³-hybridized carbons (Fsp3) is 0.500.